The Morgan fingerprint density at radius 2 is 1.78 bits per heavy atom. The average molecular weight is 445 g/mol. The van der Waals surface area contributed by atoms with Crippen LogP contribution in [0.4, 0.5) is 5.69 Å². The largest absolute Gasteiger partial charge is 0.493 e. The van der Waals surface area contributed by atoms with Crippen LogP contribution in [0.15, 0.2) is 78.2 Å². The maximum Gasteiger partial charge on any atom is 0.269 e. The third-order valence-corrected chi connectivity index (χ3v) is 5.55. The van der Waals surface area contributed by atoms with E-state index >= 15 is 0 Å². The highest BCUT2D eigenvalue weighted by Crippen LogP contribution is 2.30. The van der Waals surface area contributed by atoms with Crippen molar-refractivity contribution in [3.05, 3.63) is 104 Å². The van der Waals surface area contributed by atoms with E-state index in [-0.39, 0.29) is 5.69 Å². The van der Waals surface area contributed by atoms with E-state index in [4.69, 9.17) is 9.47 Å². The quantitative estimate of drug-likeness (QED) is 0.230. The molecule has 0 N–H and O–H groups in total. The van der Waals surface area contributed by atoms with Crippen LogP contribution in [0.3, 0.4) is 0 Å². The molecule has 160 valence electrons. The molecule has 0 aliphatic carbocycles. The molecule has 0 atom stereocenters. The molecule has 0 saturated heterocycles. The maximum atomic E-state index is 10.8. The molecule has 4 aromatic rings. The lowest BCUT2D eigenvalue weighted by molar-refractivity contribution is -0.384. The number of benzene rings is 3. The van der Waals surface area contributed by atoms with Crippen LogP contribution in [0.5, 0.6) is 11.5 Å². The van der Waals surface area contributed by atoms with E-state index in [9.17, 15) is 10.1 Å². The van der Waals surface area contributed by atoms with Crippen molar-refractivity contribution in [3.63, 3.8) is 0 Å². The van der Waals surface area contributed by atoms with Crippen LogP contribution >= 0.6 is 11.3 Å². The molecular formula is C25H20N2O4S. The highest BCUT2D eigenvalue weighted by atomic mass is 32.1. The third-order valence-electron chi connectivity index (χ3n) is 4.74. The number of aromatic nitrogens is 1. The predicted molar refractivity (Wildman–Crippen MR) is 127 cm³/mol. The minimum absolute atomic E-state index is 0.0638. The zero-order valence-electron chi connectivity index (χ0n) is 17.3. The van der Waals surface area contributed by atoms with E-state index in [0.29, 0.717) is 18.1 Å². The van der Waals surface area contributed by atoms with Crippen LogP contribution in [-0.4, -0.2) is 17.0 Å². The van der Waals surface area contributed by atoms with E-state index in [1.807, 2.05) is 66.1 Å². The molecule has 0 radical (unpaired) electrons. The van der Waals surface area contributed by atoms with Crippen LogP contribution in [0.2, 0.25) is 0 Å². The van der Waals surface area contributed by atoms with Crippen molar-refractivity contribution in [1.29, 1.82) is 0 Å². The van der Waals surface area contributed by atoms with Gasteiger partial charge in [-0.1, -0.05) is 42.5 Å². The summed E-state index contributed by atoms with van der Waals surface area (Å²) < 4.78 is 11.4. The van der Waals surface area contributed by atoms with Crippen molar-refractivity contribution in [3.8, 4) is 22.8 Å². The number of nitro groups is 1. The first-order valence-corrected chi connectivity index (χ1v) is 10.7. The molecule has 0 fully saturated rings. The number of hydrogen-bond donors (Lipinski definition) is 0. The fraction of sp³-hybridized carbons (Fsp3) is 0.0800. The molecule has 0 amide bonds. The lowest BCUT2D eigenvalue weighted by atomic mass is 10.1. The summed E-state index contributed by atoms with van der Waals surface area (Å²) in [5.41, 5.74) is 3.73. The summed E-state index contributed by atoms with van der Waals surface area (Å²) in [6.07, 6.45) is 3.90. The number of methoxy groups -OCH3 is 1. The SMILES string of the molecule is COc1ccc(C=Cc2nc(-c3ccc([N+](=O)[O-])cc3)cs2)cc1OCc1ccccc1. The molecule has 32 heavy (non-hydrogen) atoms. The highest BCUT2D eigenvalue weighted by molar-refractivity contribution is 7.10. The lowest BCUT2D eigenvalue weighted by Crippen LogP contribution is -1.97. The fourth-order valence-corrected chi connectivity index (χ4v) is 3.78. The normalized spacial score (nSPS) is 10.9. The Kier molecular flexibility index (Phi) is 6.57. The van der Waals surface area contributed by atoms with Gasteiger partial charge in [-0.15, -0.1) is 11.3 Å². The molecule has 0 aliphatic rings. The van der Waals surface area contributed by atoms with E-state index in [1.54, 1.807) is 19.2 Å². The summed E-state index contributed by atoms with van der Waals surface area (Å²) in [5, 5.41) is 13.6. The Labute approximate surface area is 189 Å². The Hall–Kier alpha value is -3.97. The molecule has 4 rings (SSSR count). The second-order valence-electron chi connectivity index (χ2n) is 6.89. The van der Waals surface area contributed by atoms with Gasteiger partial charge in [0.1, 0.15) is 11.6 Å². The van der Waals surface area contributed by atoms with Crippen LogP contribution in [-0.2, 0) is 6.61 Å². The van der Waals surface area contributed by atoms with E-state index < -0.39 is 4.92 Å². The van der Waals surface area contributed by atoms with Gasteiger partial charge in [0, 0.05) is 23.1 Å². The predicted octanol–water partition coefficient (Wildman–Crippen LogP) is 6.48. The van der Waals surface area contributed by atoms with Crippen molar-refractivity contribution < 1.29 is 14.4 Å². The molecule has 1 heterocycles. The van der Waals surface area contributed by atoms with Crippen molar-refractivity contribution in [2.24, 2.45) is 0 Å². The van der Waals surface area contributed by atoms with E-state index in [0.717, 1.165) is 27.4 Å². The summed E-state index contributed by atoms with van der Waals surface area (Å²) in [4.78, 5) is 15.0. The van der Waals surface area contributed by atoms with Gasteiger partial charge in [0.2, 0.25) is 0 Å². The second-order valence-corrected chi connectivity index (χ2v) is 7.78. The summed E-state index contributed by atoms with van der Waals surface area (Å²) in [7, 11) is 1.62. The molecule has 1 aromatic heterocycles. The lowest BCUT2D eigenvalue weighted by Gasteiger charge is -2.11. The number of thiazole rings is 1. The number of nitro benzene ring substituents is 1. The summed E-state index contributed by atoms with van der Waals surface area (Å²) >= 11 is 1.51. The fourth-order valence-electron chi connectivity index (χ4n) is 3.06. The number of rotatable bonds is 8. The van der Waals surface area contributed by atoms with Gasteiger partial charge in [0.25, 0.3) is 5.69 Å². The smallest absolute Gasteiger partial charge is 0.269 e. The van der Waals surface area contributed by atoms with Crippen molar-refractivity contribution in [1.82, 2.24) is 4.98 Å². The van der Waals surface area contributed by atoms with Gasteiger partial charge in [-0.25, -0.2) is 4.98 Å². The average Bonchev–Trinajstić information content (AvgIpc) is 3.31. The zero-order valence-corrected chi connectivity index (χ0v) is 18.1. The van der Waals surface area contributed by atoms with Crippen LogP contribution in [0.25, 0.3) is 23.4 Å². The van der Waals surface area contributed by atoms with Crippen molar-refractivity contribution in [2.75, 3.05) is 7.11 Å². The molecule has 6 nitrogen and oxygen atoms in total. The van der Waals surface area contributed by atoms with Gasteiger partial charge in [-0.05, 0) is 41.5 Å². The molecule has 0 saturated carbocycles. The first-order valence-electron chi connectivity index (χ1n) is 9.85. The Morgan fingerprint density at radius 1 is 1.00 bits per heavy atom. The van der Waals surface area contributed by atoms with Crippen LogP contribution < -0.4 is 9.47 Å². The molecule has 7 heteroatoms. The third kappa shape index (κ3) is 5.19. The van der Waals surface area contributed by atoms with Gasteiger partial charge in [0.05, 0.1) is 17.7 Å². The minimum atomic E-state index is -0.411. The minimum Gasteiger partial charge on any atom is -0.493 e. The van der Waals surface area contributed by atoms with Crippen LogP contribution in [0.1, 0.15) is 16.1 Å². The summed E-state index contributed by atoms with van der Waals surface area (Å²) in [5.74, 6) is 1.34. The first-order chi connectivity index (χ1) is 15.6. The summed E-state index contributed by atoms with van der Waals surface area (Å²) in [6.45, 7) is 0.454. The summed E-state index contributed by atoms with van der Waals surface area (Å²) in [6, 6.07) is 22.1. The number of non-ortho nitro benzene ring substituents is 1. The number of hydrogen-bond acceptors (Lipinski definition) is 6. The number of nitrogens with zero attached hydrogens (tertiary/aromatic N) is 2. The van der Waals surface area contributed by atoms with E-state index in [1.165, 1.54) is 23.5 Å². The molecular weight excluding hydrogens is 424 g/mol. The van der Waals surface area contributed by atoms with Gasteiger partial charge in [-0.2, -0.15) is 0 Å². The van der Waals surface area contributed by atoms with Gasteiger partial charge < -0.3 is 9.47 Å². The molecule has 0 unspecified atom stereocenters. The maximum absolute atomic E-state index is 10.8. The topological polar surface area (TPSA) is 74.5 Å². The monoisotopic (exact) mass is 444 g/mol. The van der Waals surface area contributed by atoms with E-state index in [2.05, 4.69) is 4.98 Å². The highest BCUT2D eigenvalue weighted by Gasteiger charge is 2.08. The molecule has 0 bridgehead atoms. The standard InChI is InChI=1S/C25H20N2O4S/c1-30-23-13-7-18(15-24(23)31-16-19-5-3-2-4-6-19)8-14-25-26-22(17-32-25)20-9-11-21(12-10-20)27(28)29/h2-15,17H,16H2,1H3. The van der Waals surface area contributed by atoms with Gasteiger partial charge >= 0.3 is 0 Å². The van der Waals surface area contributed by atoms with Crippen molar-refractivity contribution in [2.45, 2.75) is 6.61 Å². The number of ether oxygens (including phenoxy) is 2. The Morgan fingerprint density at radius 3 is 2.50 bits per heavy atom. The Bertz CT molecular complexity index is 1230. The van der Waals surface area contributed by atoms with Gasteiger partial charge in [-0.3, -0.25) is 10.1 Å². The van der Waals surface area contributed by atoms with Crippen molar-refractivity contribution >= 4 is 29.2 Å². The molecule has 3 aromatic carbocycles. The second kappa shape index (κ2) is 9.89. The first kappa shape index (κ1) is 21.3. The Balaban J connectivity index is 1.47. The molecule has 0 aliphatic heterocycles. The van der Waals surface area contributed by atoms with Gasteiger partial charge in [0.15, 0.2) is 11.5 Å². The zero-order chi connectivity index (χ0) is 22.3. The van der Waals surface area contributed by atoms with Crippen LogP contribution in [0, 0.1) is 10.1 Å². The molecule has 0 spiro atoms.